The number of fused-ring (bicyclic) bond motifs is 1. The van der Waals surface area contributed by atoms with Crippen LogP contribution in [0.4, 0.5) is 18.9 Å². The molecule has 2 aromatic carbocycles. The van der Waals surface area contributed by atoms with Crippen LogP contribution in [0.1, 0.15) is 41.5 Å². The van der Waals surface area contributed by atoms with Gasteiger partial charge in [0.2, 0.25) is 5.91 Å². The minimum atomic E-state index is -4.61. The van der Waals surface area contributed by atoms with Gasteiger partial charge in [-0.3, -0.25) is 14.8 Å². The van der Waals surface area contributed by atoms with Gasteiger partial charge < -0.3 is 15.0 Å². The zero-order chi connectivity index (χ0) is 29.0. The predicted molar refractivity (Wildman–Crippen MR) is 142 cm³/mol. The Kier molecular flexibility index (Phi) is 8.60. The molecule has 2 heterocycles. The Morgan fingerprint density at radius 3 is 2.60 bits per heavy atom. The summed E-state index contributed by atoms with van der Waals surface area (Å²) in [5.74, 6) is -0.0415. The van der Waals surface area contributed by atoms with Crippen molar-refractivity contribution in [1.82, 2.24) is 20.4 Å². The van der Waals surface area contributed by atoms with Crippen molar-refractivity contribution in [2.45, 2.75) is 32.9 Å². The number of alkyl halides is 3. The minimum Gasteiger partial charge on any atom is -0.494 e. The highest BCUT2D eigenvalue weighted by atomic mass is 35.5. The number of aromatic nitrogens is 3. The minimum absolute atomic E-state index is 0.00632. The van der Waals surface area contributed by atoms with Crippen LogP contribution < -0.4 is 15.5 Å². The van der Waals surface area contributed by atoms with Crippen molar-refractivity contribution in [3.8, 4) is 17.1 Å². The molecule has 4 rings (SSSR count). The second-order valence-electron chi connectivity index (χ2n) is 9.22. The number of H-pyrrole nitrogens is 1. The number of hydroxylamine groups is 1. The van der Waals surface area contributed by atoms with E-state index in [9.17, 15) is 22.8 Å². The highest BCUT2D eigenvalue weighted by molar-refractivity contribution is 6.33. The number of halogens is 4. The van der Waals surface area contributed by atoms with E-state index < -0.39 is 23.7 Å². The summed E-state index contributed by atoms with van der Waals surface area (Å²) in [6, 6.07) is 11.9. The first kappa shape index (κ1) is 28.8. The first-order valence-corrected chi connectivity index (χ1v) is 12.5. The molecule has 4 N–H and O–H groups in total. The number of nitrogens with one attached hydrogen (secondary N) is 3. The van der Waals surface area contributed by atoms with E-state index in [1.165, 1.54) is 6.92 Å². The molecule has 0 aliphatic carbocycles. The second-order valence-corrected chi connectivity index (χ2v) is 9.63. The van der Waals surface area contributed by atoms with E-state index in [0.29, 0.717) is 51.9 Å². The molecular formula is C27H25ClF3N5O4. The smallest absolute Gasteiger partial charge is 0.433 e. The topological polar surface area (TPSA) is 129 Å². The third-order valence-electron chi connectivity index (χ3n) is 6.09. The third kappa shape index (κ3) is 6.88. The quantitative estimate of drug-likeness (QED) is 0.140. The Balaban J connectivity index is 1.48. The fourth-order valence-corrected chi connectivity index (χ4v) is 4.19. The van der Waals surface area contributed by atoms with Gasteiger partial charge in [0, 0.05) is 23.7 Å². The maximum absolute atomic E-state index is 12.9. The molecule has 0 saturated carbocycles. The lowest BCUT2D eigenvalue weighted by molar-refractivity contribution is -0.141. The summed E-state index contributed by atoms with van der Waals surface area (Å²) in [7, 11) is 0. The van der Waals surface area contributed by atoms with Crippen LogP contribution in [0.15, 0.2) is 48.5 Å². The molecule has 40 heavy (non-hydrogen) atoms. The molecule has 13 heteroatoms. The number of aryl methyl sites for hydroxylation is 1. The molecule has 1 atom stereocenters. The van der Waals surface area contributed by atoms with Crippen molar-refractivity contribution in [2.24, 2.45) is 5.92 Å². The molecule has 0 saturated heterocycles. The number of benzene rings is 2. The average Bonchev–Trinajstić information content (AvgIpc) is 3.32. The monoisotopic (exact) mass is 575 g/mol. The summed E-state index contributed by atoms with van der Waals surface area (Å²) in [4.78, 5) is 35.3. The fourth-order valence-electron chi connectivity index (χ4n) is 3.99. The summed E-state index contributed by atoms with van der Waals surface area (Å²) >= 11 is 6.42. The number of pyridine rings is 1. The predicted octanol–water partition coefficient (Wildman–Crippen LogP) is 6.16. The Hall–Kier alpha value is -4.16. The van der Waals surface area contributed by atoms with Gasteiger partial charge in [0.15, 0.2) is 0 Å². The van der Waals surface area contributed by atoms with Crippen molar-refractivity contribution in [3.63, 3.8) is 0 Å². The zero-order valence-electron chi connectivity index (χ0n) is 21.4. The van der Waals surface area contributed by atoms with E-state index in [1.54, 1.807) is 41.9 Å². The molecule has 4 aromatic rings. The maximum atomic E-state index is 12.9. The first-order chi connectivity index (χ1) is 18.9. The first-order valence-electron chi connectivity index (χ1n) is 12.2. The highest BCUT2D eigenvalue weighted by Gasteiger charge is 2.33. The molecular weight excluding hydrogens is 551 g/mol. The van der Waals surface area contributed by atoms with E-state index >= 15 is 0 Å². The van der Waals surface area contributed by atoms with E-state index in [-0.39, 0.29) is 23.6 Å². The van der Waals surface area contributed by atoms with Crippen LogP contribution in [0.2, 0.25) is 5.02 Å². The lowest BCUT2D eigenvalue weighted by atomic mass is 10.0. The molecule has 2 amide bonds. The van der Waals surface area contributed by atoms with Gasteiger partial charge in [0.25, 0.3) is 5.91 Å². The van der Waals surface area contributed by atoms with Gasteiger partial charge in [-0.2, -0.15) is 13.2 Å². The standard InChI is InChI=1S/C27H25ClF3N5O4/c1-14(11-24(37)36-39)9-10-40-17-4-7-21-22(13-17)35-25(34-21)19-12-16(3-6-20(19)28)33-26(38)18-5-8-23(27(29,30)31)32-15(18)2/h3-8,12-14,39H,9-11H2,1-2H3,(H,33,38)(H,34,35)(H,36,37). The number of rotatable bonds is 9. The van der Waals surface area contributed by atoms with Crippen LogP contribution in [-0.4, -0.2) is 38.6 Å². The SMILES string of the molecule is Cc1nc(C(F)(F)F)ccc1C(=O)Nc1ccc(Cl)c(-c2nc3cc(OCCC(C)CC(=O)NO)ccc3[nH]2)c1. The number of anilines is 1. The molecule has 210 valence electrons. The molecule has 0 aliphatic rings. The van der Waals surface area contributed by atoms with Gasteiger partial charge >= 0.3 is 6.18 Å². The number of aromatic amines is 1. The van der Waals surface area contributed by atoms with Gasteiger partial charge in [0.1, 0.15) is 17.3 Å². The van der Waals surface area contributed by atoms with Crippen molar-refractivity contribution >= 4 is 40.1 Å². The summed E-state index contributed by atoms with van der Waals surface area (Å²) in [6.07, 6.45) is -3.82. The lowest BCUT2D eigenvalue weighted by Gasteiger charge is -2.11. The summed E-state index contributed by atoms with van der Waals surface area (Å²) in [5, 5.41) is 11.7. The Labute approximate surface area is 231 Å². The molecule has 0 radical (unpaired) electrons. The van der Waals surface area contributed by atoms with Crippen LogP contribution in [-0.2, 0) is 11.0 Å². The van der Waals surface area contributed by atoms with Crippen molar-refractivity contribution in [1.29, 1.82) is 0 Å². The van der Waals surface area contributed by atoms with Gasteiger partial charge in [-0.15, -0.1) is 0 Å². The van der Waals surface area contributed by atoms with Crippen molar-refractivity contribution < 1.29 is 32.7 Å². The van der Waals surface area contributed by atoms with Crippen LogP contribution in [0.5, 0.6) is 5.75 Å². The molecule has 0 bridgehead atoms. The molecule has 2 aromatic heterocycles. The number of amides is 2. The fraction of sp³-hybridized carbons (Fsp3) is 0.259. The molecule has 0 fully saturated rings. The molecule has 1 unspecified atom stereocenters. The summed E-state index contributed by atoms with van der Waals surface area (Å²) in [6.45, 7) is 3.58. The Morgan fingerprint density at radius 2 is 1.90 bits per heavy atom. The number of hydrogen-bond donors (Lipinski definition) is 4. The van der Waals surface area contributed by atoms with Crippen LogP contribution in [0, 0.1) is 12.8 Å². The van der Waals surface area contributed by atoms with Crippen molar-refractivity contribution in [2.75, 3.05) is 11.9 Å². The van der Waals surface area contributed by atoms with Gasteiger partial charge in [-0.1, -0.05) is 18.5 Å². The normalized spacial score (nSPS) is 12.3. The lowest BCUT2D eigenvalue weighted by Crippen LogP contribution is -2.21. The van der Waals surface area contributed by atoms with Crippen molar-refractivity contribution in [3.05, 3.63) is 70.5 Å². The van der Waals surface area contributed by atoms with Crippen LogP contribution >= 0.6 is 11.6 Å². The van der Waals surface area contributed by atoms with E-state index in [2.05, 4.69) is 20.3 Å². The Bertz CT molecular complexity index is 1560. The summed E-state index contributed by atoms with van der Waals surface area (Å²) in [5.41, 5.74) is 2.67. The zero-order valence-corrected chi connectivity index (χ0v) is 22.2. The number of ether oxygens (including phenoxy) is 1. The van der Waals surface area contributed by atoms with Gasteiger partial charge in [0.05, 0.1) is 33.9 Å². The number of hydrogen-bond acceptors (Lipinski definition) is 6. The number of nitrogens with zero attached hydrogens (tertiary/aromatic N) is 2. The van der Waals surface area contributed by atoms with Crippen LogP contribution in [0.3, 0.4) is 0 Å². The van der Waals surface area contributed by atoms with Crippen LogP contribution in [0.25, 0.3) is 22.4 Å². The number of carbonyl (C=O) groups excluding carboxylic acids is 2. The van der Waals surface area contributed by atoms with E-state index in [1.807, 2.05) is 6.92 Å². The Morgan fingerprint density at radius 1 is 1.12 bits per heavy atom. The number of imidazole rings is 1. The number of carbonyl (C=O) groups is 2. The largest absolute Gasteiger partial charge is 0.494 e. The second kappa shape index (κ2) is 11.9. The maximum Gasteiger partial charge on any atom is 0.433 e. The molecule has 9 nitrogen and oxygen atoms in total. The molecule has 0 spiro atoms. The van der Waals surface area contributed by atoms with Gasteiger partial charge in [-0.05, 0) is 61.7 Å². The van der Waals surface area contributed by atoms with E-state index in [0.717, 1.165) is 12.1 Å². The van der Waals surface area contributed by atoms with E-state index in [4.69, 9.17) is 21.5 Å². The average molecular weight is 576 g/mol. The molecule has 0 aliphatic heterocycles. The third-order valence-corrected chi connectivity index (χ3v) is 6.42. The van der Waals surface area contributed by atoms with Gasteiger partial charge in [-0.25, -0.2) is 15.4 Å². The summed E-state index contributed by atoms with van der Waals surface area (Å²) < 4.78 is 44.5. The highest BCUT2D eigenvalue weighted by Crippen LogP contribution is 2.32.